The Morgan fingerprint density at radius 3 is 2.59 bits per heavy atom. The minimum absolute atomic E-state index is 0.0568. The minimum Gasteiger partial charge on any atom is -0.366 e. The Balaban J connectivity index is 1.69. The number of hydrogen-bond acceptors (Lipinski definition) is 5. The van der Waals surface area contributed by atoms with E-state index in [0.29, 0.717) is 42.5 Å². The molecule has 1 atom stereocenters. The molecule has 2 aliphatic heterocycles. The number of pyridine rings is 1. The molecule has 0 radical (unpaired) electrons. The molecule has 2 aliphatic rings. The Hall–Kier alpha value is -3.13. The zero-order valence-corrected chi connectivity index (χ0v) is 18.9. The van der Waals surface area contributed by atoms with Crippen molar-refractivity contribution in [1.82, 2.24) is 14.8 Å². The number of carbonyl (C=O) groups is 3. The van der Waals surface area contributed by atoms with Crippen LogP contribution in [0.2, 0.25) is 5.02 Å². The Kier molecular flexibility index (Phi) is 5.81. The first-order valence-electron chi connectivity index (χ1n) is 10.6. The molecule has 0 saturated carbocycles. The van der Waals surface area contributed by atoms with E-state index in [9.17, 15) is 14.4 Å². The van der Waals surface area contributed by atoms with Gasteiger partial charge in [0.15, 0.2) is 0 Å². The SMILES string of the molecule is CC(C)N1CC(=O)N(Cc2ccc(Cl)cc2)C2(CCN(c3cc(C(N)=O)ccn3)C2)C1=O. The Bertz CT molecular complexity index is 1060. The van der Waals surface area contributed by atoms with Gasteiger partial charge in [-0.25, -0.2) is 4.98 Å². The van der Waals surface area contributed by atoms with E-state index in [-0.39, 0.29) is 24.4 Å². The van der Waals surface area contributed by atoms with Gasteiger partial charge < -0.3 is 20.4 Å². The number of benzene rings is 1. The maximum absolute atomic E-state index is 13.7. The predicted molar refractivity (Wildman–Crippen MR) is 121 cm³/mol. The number of anilines is 1. The van der Waals surface area contributed by atoms with Crippen LogP contribution in [0.3, 0.4) is 0 Å². The smallest absolute Gasteiger partial charge is 0.251 e. The molecule has 3 heterocycles. The fraction of sp³-hybridized carbons (Fsp3) is 0.391. The highest BCUT2D eigenvalue weighted by molar-refractivity contribution is 6.30. The molecule has 1 aromatic carbocycles. The molecule has 1 aromatic heterocycles. The summed E-state index contributed by atoms with van der Waals surface area (Å²) < 4.78 is 0. The van der Waals surface area contributed by atoms with Crippen molar-refractivity contribution in [3.05, 3.63) is 58.7 Å². The van der Waals surface area contributed by atoms with Crippen LogP contribution in [0.15, 0.2) is 42.6 Å². The lowest BCUT2D eigenvalue weighted by atomic mass is 9.89. The molecule has 2 aromatic rings. The van der Waals surface area contributed by atoms with Gasteiger partial charge in [-0.3, -0.25) is 14.4 Å². The molecular formula is C23H26ClN5O3. The fourth-order valence-electron chi connectivity index (χ4n) is 4.48. The van der Waals surface area contributed by atoms with Crippen LogP contribution in [-0.4, -0.2) is 63.7 Å². The zero-order valence-electron chi connectivity index (χ0n) is 18.1. The molecule has 1 unspecified atom stereocenters. The average molecular weight is 456 g/mol. The Morgan fingerprint density at radius 2 is 1.94 bits per heavy atom. The number of aromatic nitrogens is 1. The largest absolute Gasteiger partial charge is 0.366 e. The monoisotopic (exact) mass is 455 g/mol. The summed E-state index contributed by atoms with van der Waals surface area (Å²) in [7, 11) is 0. The molecule has 168 valence electrons. The highest BCUT2D eigenvalue weighted by Crippen LogP contribution is 2.37. The molecule has 0 bridgehead atoms. The molecular weight excluding hydrogens is 430 g/mol. The van der Waals surface area contributed by atoms with Gasteiger partial charge in [-0.15, -0.1) is 0 Å². The van der Waals surface area contributed by atoms with Gasteiger partial charge in [0.2, 0.25) is 11.8 Å². The van der Waals surface area contributed by atoms with Gasteiger partial charge in [0.25, 0.3) is 5.91 Å². The van der Waals surface area contributed by atoms with E-state index < -0.39 is 11.4 Å². The summed E-state index contributed by atoms with van der Waals surface area (Å²) in [6.45, 7) is 5.02. The first-order valence-corrected chi connectivity index (χ1v) is 11.0. The third kappa shape index (κ3) is 3.90. The number of piperazine rings is 1. The minimum atomic E-state index is -1.01. The summed E-state index contributed by atoms with van der Waals surface area (Å²) in [6, 6.07) is 10.4. The summed E-state index contributed by atoms with van der Waals surface area (Å²) in [5, 5.41) is 0.614. The summed E-state index contributed by atoms with van der Waals surface area (Å²) >= 11 is 6.01. The lowest BCUT2D eigenvalue weighted by Crippen LogP contribution is -2.69. The summed E-state index contributed by atoms with van der Waals surface area (Å²) in [5.41, 5.74) is 5.66. The second-order valence-electron chi connectivity index (χ2n) is 8.60. The van der Waals surface area contributed by atoms with Crippen molar-refractivity contribution < 1.29 is 14.4 Å². The van der Waals surface area contributed by atoms with Gasteiger partial charge >= 0.3 is 0 Å². The average Bonchev–Trinajstić information content (AvgIpc) is 3.21. The van der Waals surface area contributed by atoms with Gasteiger partial charge in [-0.05, 0) is 50.1 Å². The quantitative estimate of drug-likeness (QED) is 0.743. The van der Waals surface area contributed by atoms with Crippen molar-refractivity contribution in [3.8, 4) is 0 Å². The van der Waals surface area contributed by atoms with Crippen LogP contribution in [0, 0.1) is 0 Å². The summed E-state index contributed by atoms with van der Waals surface area (Å²) in [6.07, 6.45) is 2.00. The summed E-state index contributed by atoms with van der Waals surface area (Å²) in [4.78, 5) is 48.3. The van der Waals surface area contributed by atoms with Crippen LogP contribution in [-0.2, 0) is 16.1 Å². The lowest BCUT2D eigenvalue weighted by molar-refractivity contribution is -0.166. The van der Waals surface area contributed by atoms with Crippen molar-refractivity contribution in [3.63, 3.8) is 0 Å². The molecule has 1 spiro atoms. The second kappa shape index (κ2) is 8.43. The van der Waals surface area contributed by atoms with E-state index in [1.807, 2.05) is 30.9 Å². The molecule has 9 heteroatoms. The second-order valence-corrected chi connectivity index (χ2v) is 9.04. The number of hydrogen-bond donors (Lipinski definition) is 1. The van der Waals surface area contributed by atoms with E-state index in [4.69, 9.17) is 17.3 Å². The highest BCUT2D eigenvalue weighted by Gasteiger charge is 2.56. The highest BCUT2D eigenvalue weighted by atomic mass is 35.5. The number of halogens is 1. The zero-order chi connectivity index (χ0) is 23.0. The van der Waals surface area contributed by atoms with E-state index in [1.165, 1.54) is 6.20 Å². The van der Waals surface area contributed by atoms with E-state index in [0.717, 1.165) is 5.56 Å². The van der Waals surface area contributed by atoms with Gasteiger partial charge in [0, 0.05) is 35.9 Å². The normalized spacial score (nSPS) is 21.2. The number of carbonyl (C=O) groups excluding carboxylic acids is 3. The Morgan fingerprint density at radius 1 is 1.22 bits per heavy atom. The van der Waals surface area contributed by atoms with Crippen molar-refractivity contribution in [1.29, 1.82) is 0 Å². The van der Waals surface area contributed by atoms with Crippen LogP contribution in [0.1, 0.15) is 36.2 Å². The molecule has 4 rings (SSSR count). The van der Waals surface area contributed by atoms with Crippen molar-refractivity contribution >= 4 is 35.1 Å². The topological polar surface area (TPSA) is 99.8 Å². The third-order valence-corrected chi connectivity index (χ3v) is 6.51. The van der Waals surface area contributed by atoms with Crippen LogP contribution < -0.4 is 10.6 Å². The third-order valence-electron chi connectivity index (χ3n) is 6.26. The first-order chi connectivity index (χ1) is 15.2. The first kappa shape index (κ1) is 22.1. The van der Waals surface area contributed by atoms with Crippen LogP contribution in [0.4, 0.5) is 5.82 Å². The number of nitrogens with two attached hydrogens (primary N) is 1. The maximum Gasteiger partial charge on any atom is 0.251 e. The van der Waals surface area contributed by atoms with Crippen LogP contribution in [0.25, 0.3) is 0 Å². The fourth-order valence-corrected chi connectivity index (χ4v) is 4.61. The van der Waals surface area contributed by atoms with Gasteiger partial charge in [-0.2, -0.15) is 0 Å². The van der Waals surface area contributed by atoms with E-state index in [2.05, 4.69) is 4.98 Å². The van der Waals surface area contributed by atoms with Crippen LogP contribution >= 0.6 is 11.6 Å². The Labute approximate surface area is 191 Å². The summed E-state index contributed by atoms with van der Waals surface area (Å²) in [5.74, 6) is -0.128. The maximum atomic E-state index is 13.7. The molecule has 2 fully saturated rings. The molecule has 3 amide bonds. The lowest BCUT2D eigenvalue weighted by Gasteiger charge is -2.48. The van der Waals surface area contributed by atoms with Gasteiger partial charge in [0.1, 0.15) is 17.9 Å². The van der Waals surface area contributed by atoms with Crippen LogP contribution in [0.5, 0.6) is 0 Å². The van der Waals surface area contributed by atoms with E-state index >= 15 is 0 Å². The predicted octanol–water partition coefficient (Wildman–Crippen LogP) is 2.06. The molecule has 8 nitrogen and oxygen atoms in total. The molecule has 2 N–H and O–H groups in total. The molecule has 2 saturated heterocycles. The van der Waals surface area contributed by atoms with Crippen molar-refractivity contribution in [2.24, 2.45) is 5.73 Å². The molecule has 0 aliphatic carbocycles. The van der Waals surface area contributed by atoms with E-state index in [1.54, 1.807) is 34.1 Å². The van der Waals surface area contributed by atoms with Gasteiger partial charge in [0.05, 0.1) is 6.54 Å². The van der Waals surface area contributed by atoms with Gasteiger partial charge in [-0.1, -0.05) is 23.7 Å². The molecule has 32 heavy (non-hydrogen) atoms. The number of nitrogens with zero attached hydrogens (tertiary/aromatic N) is 4. The number of primary amides is 1. The van der Waals surface area contributed by atoms with Crippen molar-refractivity contribution in [2.75, 3.05) is 24.5 Å². The van der Waals surface area contributed by atoms with Crippen molar-refractivity contribution in [2.45, 2.75) is 38.4 Å². The number of rotatable bonds is 5. The standard InChI is InChI=1S/C23H26ClN5O3/c1-15(2)28-13-20(30)29(12-16-3-5-18(24)6-4-16)23(22(28)32)8-10-27(14-23)19-11-17(21(25)31)7-9-26-19/h3-7,9,11,15H,8,10,12-14H2,1-2H3,(H2,25,31). The number of amides is 3.